The van der Waals surface area contributed by atoms with Gasteiger partial charge in [-0.1, -0.05) is 17.7 Å². The van der Waals surface area contributed by atoms with Gasteiger partial charge in [0.05, 0.1) is 11.6 Å². The molecule has 1 saturated heterocycles. The number of hydrogen-bond acceptors (Lipinski definition) is 2. The highest BCUT2D eigenvalue weighted by Crippen LogP contribution is 2.25. The van der Waals surface area contributed by atoms with Crippen LogP contribution in [-0.2, 0) is 11.3 Å². The van der Waals surface area contributed by atoms with Crippen LogP contribution in [0.1, 0.15) is 18.4 Å². The zero-order valence-corrected chi connectivity index (χ0v) is 14.7. The van der Waals surface area contributed by atoms with Crippen molar-refractivity contribution in [2.75, 3.05) is 18.4 Å². The molecule has 2 aromatic rings. The number of carbonyl (C=O) groups excluding carboxylic acids is 1. The van der Waals surface area contributed by atoms with Crippen LogP contribution in [0.25, 0.3) is 0 Å². The standard InChI is InChI=1S/C19H18ClF3N2O/c20-15-4-1-5-16(22)14(15)11-25-8-2-3-12(10-25)19(26)24-18-7-6-13(21)9-17(18)23/h1,4-7,9,12H,2-3,8,10-11H2,(H,24,26). The smallest absolute Gasteiger partial charge is 0.228 e. The number of nitrogens with one attached hydrogen (secondary N) is 1. The SMILES string of the molecule is O=C(Nc1ccc(F)cc1F)C1CCCN(Cc2c(F)cccc2Cl)C1. The molecule has 0 aliphatic carbocycles. The lowest BCUT2D eigenvalue weighted by molar-refractivity contribution is -0.121. The number of anilines is 1. The Morgan fingerprint density at radius 2 is 2.00 bits per heavy atom. The Morgan fingerprint density at radius 1 is 1.19 bits per heavy atom. The van der Waals surface area contributed by atoms with Crippen LogP contribution in [0.5, 0.6) is 0 Å². The van der Waals surface area contributed by atoms with Crippen molar-refractivity contribution in [2.24, 2.45) is 5.92 Å². The summed E-state index contributed by atoms with van der Waals surface area (Å²) in [4.78, 5) is 14.4. The van der Waals surface area contributed by atoms with E-state index >= 15 is 0 Å². The first-order valence-electron chi connectivity index (χ1n) is 8.35. The van der Waals surface area contributed by atoms with Gasteiger partial charge in [0.15, 0.2) is 0 Å². The molecule has 0 bridgehead atoms. The molecule has 1 atom stereocenters. The second-order valence-electron chi connectivity index (χ2n) is 6.39. The third-order valence-corrected chi connectivity index (χ3v) is 4.86. The highest BCUT2D eigenvalue weighted by Gasteiger charge is 2.27. The third kappa shape index (κ3) is 4.37. The van der Waals surface area contributed by atoms with E-state index in [1.165, 1.54) is 12.1 Å². The maximum absolute atomic E-state index is 14.0. The van der Waals surface area contributed by atoms with E-state index in [9.17, 15) is 18.0 Å². The highest BCUT2D eigenvalue weighted by molar-refractivity contribution is 6.31. The Labute approximate surface area is 154 Å². The molecule has 2 aromatic carbocycles. The minimum atomic E-state index is -0.816. The number of amides is 1. The molecule has 1 N–H and O–H groups in total. The van der Waals surface area contributed by atoms with Crippen LogP contribution in [-0.4, -0.2) is 23.9 Å². The van der Waals surface area contributed by atoms with E-state index in [-0.39, 0.29) is 23.3 Å². The van der Waals surface area contributed by atoms with Crippen LogP contribution in [0.4, 0.5) is 18.9 Å². The average molecular weight is 383 g/mol. The molecule has 138 valence electrons. The largest absolute Gasteiger partial charge is 0.323 e. The molecular formula is C19H18ClF3N2O. The van der Waals surface area contributed by atoms with Gasteiger partial charge in [0, 0.05) is 29.7 Å². The van der Waals surface area contributed by atoms with Gasteiger partial charge in [-0.05, 0) is 43.7 Å². The number of hydrogen-bond donors (Lipinski definition) is 1. The summed E-state index contributed by atoms with van der Waals surface area (Å²) in [6, 6.07) is 7.54. The van der Waals surface area contributed by atoms with Crippen LogP contribution in [0.15, 0.2) is 36.4 Å². The first-order chi connectivity index (χ1) is 12.4. The lowest BCUT2D eigenvalue weighted by Crippen LogP contribution is -2.40. The number of halogens is 4. The van der Waals surface area contributed by atoms with Crippen molar-refractivity contribution in [3.63, 3.8) is 0 Å². The van der Waals surface area contributed by atoms with Crippen molar-refractivity contribution in [2.45, 2.75) is 19.4 Å². The molecule has 0 saturated carbocycles. The Kier molecular flexibility index (Phi) is 5.84. The first-order valence-corrected chi connectivity index (χ1v) is 8.73. The van der Waals surface area contributed by atoms with Crippen molar-refractivity contribution in [3.05, 3.63) is 64.4 Å². The van der Waals surface area contributed by atoms with Gasteiger partial charge in [-0.25, -0.2) is 13.2 Å². The van der Waals surface area contributed by atoms with E-state index in [0.717, 1.165) is 25.1 Å². The number of rotatable bonds is 4. The predicted molar refractivity (Wildman–Crippen MR) is 94.4 cm³/mol. The Morgan fingerprint density at radius 3 is 2.73 bits per heavy atom. The van der Waals surface area contributed by atoms with Gasteiger partial charge in [-0.2, -0.15) is 0 Å². The van der Waals surface area contributed by atoms with Gasteiger partial charge in [-0.15, -0.1) is 0 Å². The van der Waals surface area contributed by atoms with E-state index < -0.39 is 11.6 Å². The summed E-state index contributed by atoms with van der Waals surface area (Å²) in [7, 11) is 0. The van der Waals surface area contributed by atoms with E-state index in [4.69, 9.17) is 11.6 Å². The normalized spacial score (nSPS) is 17.9. The minimum Gasteiger partial charge on any atom is -0.323 e. The summed E-state index contributed by atoms with van der Waals surface area (Å²) in [6.07, 6.45) is 1.41. The second-order valence-corrected chi connectivity index (χ2v) is 6.80. The Balaban J connectivity index is 1.65. The van der Waals surface area contributed by atoms with Gasteiger partial charge >= 0.3 is 0 Å². The fourth-order valence-electron chi connectivity index (χ4n) is 3.15. The number of benzene rings is 2. The monoisotopic (exact) mass is 382 g/mol. The number of carbonyl (C=O) groups is 1. The van der Waals surface area contributed by atoms with Crippen molar-refractivity contribution in [1.82, 2.24) is 4.90 Å². The first kappa shape index (κ1) is 18.7. The summed E-state index contributed by atoms with van der Waals surface area (Å²) in [5.41, 5.74) is 0.352. The summed E-state index contributed by atoms with van der Waals surface area (Å²) in [5, 5.41) is 2.86. The van der Waals surface area contributed by atoms with Gasteiger partial charge in [-0.3, -0.25) is 9.69 Å². The van der Waals surface area contributed by atoms with E-state index in [2.05, 4.69) is 5.32 Å². The van der Waals surface area contributed by atoms with Gasteiger partial charge in [0.2, 0.25) is 5.91 Å². The maximum Gasteiger partial charge on any atom is 0.228 e. The Hall–Kier alpha value is -2.05. The molecule has 1 fully saturated rings. The molecule has 0 aromatic heterocycles. The fraction of sp³-hybridized carbons (Fsp3) is 0.316. The molecule has 1 aliphatic heterocycles. The van der Waals surface area contributed by atoms with Gasteiger partial charge in [0.25, 0.3) is 0 Å². The van der Waals surface area contributed by atoms with E-state index in [1.54, 1.807) is 12.1 Å². The zero-order valence-electron chi connectivity index (χ0n) is 13.9. The van der Waals surface area contributed by atoms with Crippen molar-refractivity contribution in [3.8, 4) is 0 Å². The van der Waals surface area contributed by atoms with Gasteiger partial charge in [0.1, 0.15) is 17.5 Å². The van der Waals surface area contributed by atoms with Crippen LogP contribution in [0.3, 0.4) is 0 Å². The average Bonchev–Trinajstić information content (AvgIpc) is 2.61. The predicted octanol–water partition coefficient (Wildman–Crippen LogP) is 4.61. The molecule has 1 unspecified atom stereocenters. The summed E-state index contributed by atoms with van der Waals surface area (Å²) >= 11 is 6.07. The summed E-state index contributed by atoms with van der Waals surface area (Å²) in [5.74, 6) is -2.59. The second kappa shape index (κ2) is 8.10. The maximum atomic E-state index is 14.0. The fourth-order valence-corrected chi connectivity index (χ4v) is 3.37. The molecule has 1 aliphatic rings. The minimum absolute atomic E-state index is 0.0503. The van der Waals surface area contributed by atoms with E-state index in [0.29, 0.717) is 30.1 Å². The topological polar surface area (TPSA) is 32.3 Å². The number of likely N-dealkylation sites (tertiary alicyclic amines) is 1. The van der Waals surface area contributed by atoms with Crippen LogP contribution in [0, 0.1) is 23.4 Å². The molecule has 3 nitrogen and oxygen atoms in total. The lowest BCUT2D eigenvalue weighted by atomic mass is 9.96. The van der Waals surface area contributed by atoms with Crippen molar-refractivity contribution in [1.29, 1.82) is 0 Å². The summed E-state index contributed by atoms with van der Waals surface area (Å²) < 4.78 is 40.6. The molecule has 3 rings (SSSR count). The molecule has 0 spiro atoms. The zero-order chi connectivity index (χ0) is 18.7. The summed E-state index contributed by atoms with van der Waals surface area (Å²) in [6.45, 7) is 1.44. The number of nitrogens with zero attached hydrogens (tertiary/aromatic N) is 1. The quantitative estimate of drug-likeness (QED) is 0.837. The van der Waals surface area contributed by atoms with Crippen LogP contribution >= 0.6 is 11.6 Å². The van der Waals surface area contributed by atoms with Gasteiger partial charge < -0.3 is 5.32 Å². The third-order valence-electron chi connectivity index (χ3n) is 4.51. The Bertz CT molecular complexity index is 795. The molecule has 0 radical (unpaired) electrons. The van der Waals surface area contributed by atoms with Crippen LogP contribution < -0.4 is 5.32 Å². The molecular weight excluding hydrogens is 365 g/mol. The van der Waals surface area contributed by atoms with Crippen molar-refractivity contribution < 1.29 is 18.0 Å². The van der Waals surface area contributed by atoms with Crippen molar-refractivity contribution >= 4 is 23.2 Å². The molecule has 1 amide bonds. The van der Waals surface area contributed by atoms with E-state index in [1.807, 2.05) is 4.90 Å². The number of piperidine rings is 1. The highest BCUT2D eigenvalue weighted by atomic mass is 35.5. The molecule has 1 heterocycles. The molecule has 26 heavy (non-hydrogen) atoms. The van der Waals surface area contributed by atoms with Crippen LogP contribution in [0.2, 0.25) is 5.02 Å². The lowest BCUT2D eigenvalue weighted by Gasteiger charge is -2.32. The molecule has 7 heteroatoms.